The molecule has 10 heteroatoms. The lowest BCUT2D eigenvalue weighted by molar-refractivity contribution is -0.163. The fourth-order valence-corrected chi connectivity index (χ4v) is 4.35. The molecular weight excluding hydrogens is 501 g/mol. The topological polar surface area (TPSA) is 79.3 Å². The van der Waals surface area contributed by atoms with Crippen molar-refractivity contribution in [1.29, 1.82) is 0 Å². The molecule has 3 rings (SSSR count). The first-order valence-corrected chi connectivity index (χ1v) is 12.7. The summed E-state index contributed by atoms with van der Waals surface area (Å²) in [7, 11) is 1.68. The second-order valence-electron chi connectivity index (χ2n) is 9.82. The van der Waals surface area contributed by atoms with Crippen LogP contribution >= 0.6 is 0 Å². The van der Waals surface area contributed by atoms with Crippen molar-refractivity contribution in [1.82, 2.24) is 9.80 Å². The second kappa shape index (κ2) is 12.5. The minimum Gasteiger partial charge on any atom is -0.494 e. The molecule has 2 atom stereocenters. The molecule has 0 radical (unpaired) electrons. The van der Waals surface area contributed by atoms with Crippen LogP contribution in [0.1, 0.15) is 49.8 Å². The van der Waals surface area contributed by atoms with Gasteiger partial charge in [0, 0.05) is 39.6 Å². The zero-order chi connectivity index (χ0) is 27.9. The summed E-state index contributed by atoms with van der Waals surface area (Å²) >= 11 is 0. The van der Waals surface area contributed by atoms with Crippen LogP contribution in [0, 0.1) is 0 Å². The number of aliphatic carboxylic acids is 1. The number of halogens is 3. The Bertz CT molecular complexity index is 1090. The summed E-state index contributed by atoms with van der Waals surface area (Å²) in [4.78, 5) is 27.5. The molecule has 0 aliphatic carbocycles. The summed E-state index contributed by atoms with van der Waals surface area (Å²) in [6, 6.07) is 11.8. The molecule has 1 N–H and O–H groups in total. The van der Waals surface area contributed by atoms with E-state index in [1.165, 1.54) is 11.0 Å². The third-order valence-electron chi connectivity index (χ3n) is 6.73. The first-order valence-electron chi connectivity index (χ1n) is 12.7. The van der Waals surface area contributed by atoms with E-state index in [1.807, 2.05) is 19.1 Å². The van der Waals surface area contributed by atoms with Crippen LogP contribution in [0.5, 0.6) is 5.75 Å². The number of urea groups is 1. The van der Waals surface area contributed by atoms with Gasteiger partial charge in [-0.3, -0.25) is 0 Å². The first kappa shape index (κ1) is 29.3. The van der Waals surface area contributed by atoms with Gasteiger partial charge in [0.15, 0.2) is 5.60 Å². The van der Waals surface area contributed by atoms with Crippen LogP contribution in [0.15, 0.2) is 48.5 Å². The van der Waals surface area contributed by atoms with Crippen LogP contribution in [0.3, 0.4) is 0 Å². The van der Waals surface area contributed by atoms with Crippen molar-refractivity contribution in [2.75, 3.05) is 26.8 Å². The summed E-state index contributed by atoms with van der Waals surface area (Å²) in [6.07, 6.45) is -1.95. The SMILES string of the molecule is CCCCO[C@@](C)(Cc1ccc(OCC[C@@H]2CN(Cc3cccc(C(F)(F)F)c3)C(=O)N2C)cc1)C(=O)O. The number of carbonyl (C=O) groups is 2. The number of carbonyl (C=O) groups excluding carboxylic acids is 1. The van der Waals surface area contributed by atoms with Crippen molar-refractivity contribution in [2.24, 2.45) is 0 Å². The van der Waals surface area contributed by atoms with E-state index < -0.39 is 23.3 Å². The van der Waals surface area contributed by atoms with Crippen LogP contribution in [0.4, 0.5) is 18.0 Å². The quantitative estimate of drug-likeness (QED) is 0.337. The van der Waals surface area contributed by atoms with Gasteiger partial charge in [0.2, 0.25) is 0 Å². The van der Waals surface area contributed by atoms with Crippen LogP contribution < -0.4 is 4.74 Å². The average Bonchev–Trinajstić information content (AvgIpc) is 3.12. The summed E-state index contributed by atoms with van der Waals surface area (Å²) in [5.74, 6) is -0.392. The van der Waals surface area contributed by atoms with Crippen molar-refractivity contribution in [2.45, 2.75) is 63.9 Å². The molecule has 0 unspecified atom stereocenters. The number of hydrogen-bond acceptors (Lipinski definition) is 4. The molecule has 1 aliphatic rings. The molecule has 0 saturated carbocycles. The van der Waals surface area contributed by atoms with Gasteiger partial charge in [-0.25, -0.2) is 9.59 Å². The van der Waals surface area contributed by atoms with E-state index in [4.69, 9.17) is 9.47 Å². The van der Waals surface area contributed by atoms with E-state index in [0.29, 0.717) is 37.5 Å². The Morgan fingerprint density at radius 3 is 2.45 bits per heavy atom. The van der Waals surface area contributed by atoms with E-state index >= 15 is 0 Å². The first-order chi connectivity index (χ1) is 17.9. The Balaban J connectivity index is 1.50. The van der Waals surface area contributed by atoms with Crippen molar-refractivity contribution >= 4 is 12.0 Å². The van der Waals surface area contributed by atoms with Gasteiger partial charge in [-0.1, -0.05) is 37.6 Å². The number of alkyl halides is 3. The van der Waals surface area contributed by atoms with Gasteiger partial charge in [0.25, 0.3) is 0 Å². The van der Waals surface area contributed by atoms with Crippen LogP contribution in [-0.4, -0.2) is 65.4 Å². The number of carboxylic acid groups (broad SMARTS) is 1. The van der Waals surface area contributed by atoms with Crippen LogP contribution in [0.25, 0.3) is 0 Å². The fraction of sp³-hybridized carbons (Fsp3) is 0.500. The summed E-state index contributed by atoms with van der Waals surface area (Å²) in [6.45, 7) is 4.80. The summed E-state index contributed by atoms with van der Waals surface area (Å²) in [5.41, 5.74) is -0.808. The van der Waals surface area contributed by atoms with Crippen molar-refractivity contribution in [3.63, 3.8) is 0 Å². The minimum atomic E-state index is -4.43. The molecule has 0 aromatic heterocycles. The normalized spacial score (nSPS) is 17.5. The molecule has 38 heavy (non-hydrogen) atoms. The van der Waals surface area contributed by atoms with Gasteiger partial charge >= 0.3 is 18.2 Å². The lowest BCUT2D eigenvalue weighted by atomic mass is 9.96. The molecule has 1 fully saturated rings. The van der Waals surface area contributed by atoms with Crippen LogP contribution in [0.2, 0.25) is 0 Å². The predicted octanol–water partition coefficient (Wildman–Crippen LogP) is 5.61. The Hall–Kier alpha value is -3.27. The molecule has 1 aliphatic heterocycles. The standard InChI is InChI=1S/C28H35F3N2O5/c1-4-5-14-38-27(2,25(34)35)17-20-9-11-24(12-10-20)37-15-13-23-19-33(26(36)32(23)3)18-21-7-6-8-22(16-21)28(29,30)31/h6-12,16,23H,4-5,13-15,17-19H2,1-3H3,(H,34,35)/t23-,27+/m1/s1. The molecule has 0 spiro atoms. The number of amides is 2. The molecule has 0 bridgehead atoms. The summed E-state index contributed by atoms with van der Waals surface area (Å²) < 4.78 is 50.5. The number of ether oxygens (including phenoxy) is 2. The Labute approximate surface area is 221 Å². The largest absolute Gasteiger partial charge is 0.494 e. The Morgan fingerprint density at radius 1 is 1.11 bits per heavy atom. The highest BCUT2D eigenvalue weighted by molar-refractivity contribution is 5.77. The predicted molar refractivity (Wildman–Crippen MR) is 136 cm³/mol. The van der Waals surface area contributed by atoms with Crippen molar-refractivity contribution < 1.29 is 37.3 Å². The lowest BCUT2D eigenvalue weighted by Gasteiger charge is -2.25. The molecule has 2 aromatic carbocycles. The highest BCUT2D eigenvalue weighted by atomic mass is 19.4. The molecule has 2 amide bonds. The molecule has 7 nitrogen and oxygen atoms in total. The van der Waals surface area contributed by atoms with Gasteiger partial charge in [-0.15, -0.1) is 0 Å². The highest BCUT2D eigenvalue weighted by Crippen LogP contribution is 2.30. The lowest BCUT2D eigenvalue weighted by Crippen LogP contribution is -2.41. The van der Waals surface area contributed by atoms with Gasteiger partial charge in [-0.2, -0.15) is 13.2 Å². The highest BCUT2D eigenvalue weighted by Gasteiger charge is 2.36. The van der Waals surface area contributed by atoms with Gasteiger partial charge in [-0.05, 0) is 48.7 Å². The fourth-order valence-electron chi connectivity index (χ4n) is 4.35. The van der Waals surface area contributed by atoms with E-state index in [2.05, 4.69) is 0 Å². The third kappa shape index (κ3) is 7.63. The zero-order valence-electron chi connectivity index (χ0n) is 22.0. The Morgan fingerprint density at radius 2 is 1.82 bits per heavy atom. The van der Waals surface area contributed by atoms with Gasteiger partial charge < -0.3 is 24.4 Å². The maximum atomic E-state index is 13.0. The molecule has 1 heterocycles. The number of likely N-dealkylation sites (N-methyl/N-ethyl adjacent to an activating group) is 1. The zero-order valence-corrected chi connectivity index (χ0v) is 22.0. The van der Waals surface area contributed by atoms with E-state index in [1.54, 1.807) is 37.1 Å². The van der Waals surface area contributed by atoms with Crippen molar-refractivity contribution in [3.8, 4) is 5.75 Å². The van der Waals surface area contributed by atoms with E-state index in [9.17, 15) is 27.9 Å². The van der Waals surface area contributed by atoms with Gasteiger partial charge in [0.05, 0.1) is 18.2 Å². The monoisotopic (exact) mass is 536 g/mol. The minimum absolute atomic E-state index is 0.101. The number of benzene rings is 2. The van der Waals surface area contributed by atoms with E-state index in [0.717, 1.165) is 30.5 Å². The number of unbranched alkanes of at least 4 members (excludes halogenated alkanes) is 1. The molecule has 2 aromatic rings. The number of hydrogen-bond donors (Lipinski definition) is 1. The average molecular weight is 537 g/mol. The van der Waals surface area contributed by atoms with Crippen LogP contribution in [-0.2, 0) is 28.7 Å². The smallest absolute Gasteiger partial charge is 0.416 e. The molecular formula is C28H35F3N2O5. The number of carboxylic acids is 1. The Kier molecular flexibility index (Phi) is 9.65. The van der Waals surface area contributed by atoms with E-state index in [-0.39, 0.29) is 25.0 Å². The summed E-state index contributed by atoms with van der Waals surface area (Å²) in [5, 5.41) is 9.63. The number of rotatable bonds is 13. The third-order valence-corrected chi connectivity index (χ3v) is 6.73. The maximum absolute atomic E-state index is 13.0. The van der Waals surface area contributed by atoms with Crippen molar-refractivity contribution in [3.05, 3.63) is 65.2 Å². The second-order valence-corrected chi connectivity index (χ2v) is 9.82. The number of nitrogens with zero attached hydrogens (tertiary/aromatic N) is 2. The molecule has 208 valence electrons. The maximum Gasteiger partial charge on any atom is 0.416 e. The van der Waals surface area contributed by atoms with Gasteiger partial charge in [0.1, 0.15) is 5.75 Å². The molecule has 1 saturated heterocycles.